The fraction of sp³-hybridized carbons (Fsp3) is 0.467. The molecule has 0 amide bonds. The van der Waals surface area contributed by atoms with E-state index in [4.69, 9.17) is 0 Å². The van der Waals surface area contributed by atoms with Crippen molar-refractivity contribution in [3.63, 3.8) is 0 Å². The van der Waals surface area contributed by atoms with Gasteiger partial charge in [0.15, 0.2) is 5.92 Å². The van der Waals surface area contributed by atoms with E-state index in [9.17, 15) is 35.9 Å². The van der Waals surface area contributed by atoms with E-state index in [1.807, 2.05) is 0 Å². The quantitative estimate of drug-likeness (QED) is 0.446. The highest BCUT2D eigenvalue weighted by molar-refractivity contribution is 6.00. The Bertz CT molecular complexity index is 586. The third kappa shape index (κ3) is 5.36. The molecule has 25 heavy (non-hydrogen) atoms. The largest absolute Gasteiger partial charge is 0.465 e. The molecule has 0 aliphatic heterocycles. The van der Waals surface area contributed by atoms with Crippen LogP contribution in [0, 0.1) is 0 Å². The number of esters is 2. The van der Waals surface area contributed by atoms with Crippen LogP contribution in [0.1, 0.15) is 36.5 Å². The fourth-order valence-electron chi connectivity index (χ4n) is 1.97. The zero-order valence-corrected chi connectivity index (χ0v) is 13.1. The molecule has 0 saturated carbocycles. The second-order valence-electron chi connectivity index (χ2n) is 4.78. The molecule has 0 unspecified atom stereocenters. The van der Waals surface area contributed by atoms with Gasteiger partial charge in [-0.05, 0) is 37.6 Å². The predicted molar refractivity (Wildman–Crippen MR) is 72.5 cm³/mol. The van der Waals surface area contributed by atoms with Gasteiger partial charge in [-0.25, -0.2) is 0 Å². The number of ether oxygens (including phenoxy) is 2. The number of benzene rings is 1. The molecule has 4 nitrogen and oxygen atoms in total. The van der Waals surface area contributed by atoms with Gasteiger partial charge in [0, 0.05) is 0 Å². The van der Waals surface area contributed by atoms with E-state index in [0.717, 1.165) is 0 Å². The van der Waals surface area contributed by atoms with Gasteiger partial charge in [0.05, 0.1) is 24.3 Å². The summed E-state index contributed by atoms with van der Waals surface area (Å²) in [7, 11) is 0. The molecule has 0 aromatic heterocycles. The van der Waals surface area contributed by atoms with Crippen molar-refractivity contribution in [1.82, 2.24) is 0 Å². The lowest BCUT2D eigenvalue weighted by molar-refractivity contribution is -0.157. The number of carbonyl (C=O) groups excluding carboxylic acids is 2. The van der Waals surface area contributed by atoms with Crippen LogP contribution in [0.5, 0.6) is 0 Å². The van der Waals surface area contributed by atoms with E-state index in [-0.39, 0.29) is 19.3 Å². The number of hydrogen-bond acceptors (Lipinski definition) is 4. The summed E-state index contributed by atoms with van der Waals surface area (Å²) in [5.74, 6) is -4.65. The van der Waals surface area contributed by atoms with Gasteiger partial charge in [0.2, 0.25) is 0 Å². The number of carbonyl (C=O) groups is 2. The van der Waals surface area contributed by atoms with E-state index in [0.29, 0.717) is 12.1 Å². The SMILES string of the molecule is CCOC(=O)C(C(=O)OCC)c1cc(C(F)(F)F)cc(C(F)(F)F)c1. The van der Waals surface area contributed by atoms with E-state index in [2.05, 4.69) is 9.47 Å². The van der Waals surface area contributed by atoms with Gasteiger partial charge in [-0.1, -0.05) is 0 Å². The maximum Gasteiger partial charge on any atom is 0.416 e. The Labute approximate surface area is 138 Å². The zero-order valence-electron chi connectivity index (χ0n) is 13.1. The number of rotatable bonds is 5. The molecule has 1 aromatic carbocycles. The topological polar surface area (TPSA) is 52.6 Å². The van der Waals surface area contributed by atoms with E-state index in [1.54, 1.807) is 0 Å². The first-order valence-electron chi connectivity index (χ1n) is 7.04. The van der Waals surface area contributed by atoms with Crippen molar-refractivity contribution >= 4 is 11.9 Å². The Hall–Kier alpha value is -2.26. The molecular weight excluding hydrogens is 358 g/mol. The zero-order chi connectivity index (χ0) is 19.4. The fourth-order valence-corrected chi connectivity index (χ4v) is 1.97. The molecule has 0 N–H and O–H groups in total. The number of halogens is 6. The first-order chi connectivity index (χ1) is 11.4. The summed E-state index contributed by atoms with van der Waals surface area (Å²) in [6.45, 7) is 2.29. The standard InChI is InChI=1S/C15H14F6O4/c1-3-24-12(22)11(13(23)25-4-2)8-5-9(14(16,17)18)7-10(6-8)15(19,20)21/h5-7,11H,3-4H2,1-2H3. The lowest BCUT2D eigenvalue weighted by Crippen LogP contribution is -2.27. The Kier molecular flexibility index (Phi) is 6.44. The first-order valence-corrected chi connectivity index (χ1v) is 7.04. The molecule has 10 heteroatoms. The van der Waals surface area contributed by atoms with Crippen molar-refractivity contribution < 1.29 is 45.4 Å². The van der Waals surface area contributed by atoms with Crippen LogP contribution in [-0.4, -0.2) is 25.2 Å². The maximum absolute atomic E-state index is 12.9. The van der Waals surface area contributed by atoms with Crippen LogP contribution in [0.15, 0.2) is 18.2 Å². The Morgan fingerprint density at radius 1 is 0.840 bits per heavy atom. The lowest BCUT2D eigenvalue weighted by atomic mass is 9.94. The molecule has 1 rings (SSSR count). The highest BCUT2D eigenvalue weighted by Crippen LogP contribution is 2.38. The summed E-state index contributed by atoms with van der Waals surface area (Å²) in [6.07, 6.45) is -10.2. The van der Waals surface area contributed by atoms with Crippen molar-refractivity contribution in [3.05, 3.63) is 34.9 Å². The Morgan fingerprint density at radius 3 is 1.48 bits per heavy atom. The summed E-state index contributed by atoms with van der Waals surface area (Å²) in [6, 6.07) is 0.498. The van der Waals surface area contributed by atoms with E-state index >= 15 is 0 Å². The van der Waals surface area contributed by atoms with Gasteiger partial charge in [0.25, 0.3) is 0 Å². The Morgan fingerprint density at radius 2 is 1.20 bits per heavy atom. The molecule has 1 aromatic rings. The molecule has 0 spiro atoms. The minimum atomic E-state index is -5.11. The molecular formula is C15H14F6O4. The number of hydrogen-bond donors (Lipinski definition) is 0. The van der Waals surface area contributed by atoms with Gasteiger partial charge in [-0.15, -0.1) is 0 Å². The van der Waals surface area contributed by atoms with Crippen LogP contribution >= 0.6 is 0 Å². The van der Waals surface area contributed by atoms with Crippen LogP contribution in [0.25, 0.3) is 0 Å². The minimum Gasteiger partial charge on any atom is -0.465 e. The third-order valence-corrected chi connectivity index (χ3v) is 2.99. The molecule has 0 aliphatic rings. The molecule has 0 radical (unpaired) electrons. The highest BCUT2D eigenvalue weighted by atomic mass is 19.4. The number of alkyl halides is 6. The second-order valence-corrected chi connectivity index (χ2v) is 4.78. The molecule has 0 atom stereocenters. The molecule has 0 aliphatic carbocycles. The second kappa shape index (κ2) is 7.75. The summed E-state index contributed by atoms with van der Waals surface area (Å²) in [5.41, 5.74) is -4.09. The molecule has 0 saturated heterocycles. The predicted octanol–water partition coefficient (Wildman–Crippen LogP) is 3.93. The van der Waals surface area contributed by atoms with Gasteiger partial charge in [-0.2, -0.15) is 26.3 Å². The van der Waals surface area contributed by atoms with Crippen LogP contribution in [-0.2, 0) is 31.4 Å². The average Bonchev–Trinajstić information content (AvgIpc) is 2.46. The van der Waals surface area contributed by atoms with Gasteiger partial charge in [-0.3, -0.25) is 9.59 Å². The van der Waals surface area contributed by atoms with Crippen molar-refractivity contribution in [3.8, 4) is 0 Å². The van der Waals surface area contributed by atoms with Crippen molar-refractivity contribution in [1.29, 1.82) is 0 Å². The molecule has 140 valence electrons. The van der Waals surface area contributed by atoms with Crippen molar-refractivity contribution in [2.75, 3.05) is 13.2 Å². The normalized spacial score (nSPS) is 12.2. The highest BCUT2D eigenvalue weighted by Gasteiger charge is 2.40. The monoisotopic (exact) mass is 372 g/mol. The smallest absolute Gasteiger partial charge is 0.416 e. The lowest BCUT2D eigenvalue weighted by Gasteiger charge is -2.18. The summed E-state index contributed by atoms with van der Waals surface area (Å²) < 4.78 is 86.5. The summed E-state index contributed by atoms with van der Waals surface area (Å²) in [4.78, 5) is 23.8. The van der Waals surface area contributed by atoms with Gasteiger partial charge < -0.3 is 9.47 Å². The van der Waals surface area contributed by atoms with Crippen LogP contribution in [0.4, 0.5) is 26.3 Å². The molecule has 0 bridgehead atoms. The average molecular weight is 372 g/mol. The van der Waals surface area contributed by atoms with Crippen molar-refractivity contribution in [2.45, 2.75) is 32.1 Å². The van der Waals surface area contributed by atoms with Crippen molar-refractivity contribution in [2.24, 2.45) is 0 Å². The first kappa shape index (κ1) is 20.8. The minimum absolute atomic E-state index is 0.100. The Balaban J connectivity index is 3.56. The van der Waals surface area contributed by atoms with Crippen LogP contribution in [0.3, 0.4) is 0 Å². The van der Waals surface area contributed by atoms with E-state index in [1.165, 1.54) is 13.8 Å². The van der Waals surface area contributed by atoms with Crippen LogP contribution in [0.2, 0.25) is 0 Å². The maximum atomic E-state index is 12.9. The third-order valence-electron chi connectivity index (χ3n) is 2.99. The van der Waals surface area contributed by atoms with Crippen LogP contribution < -0.4 is 0 Å². The van der Waals surface area contributed by atoms with E-state index < -0.39 is 46.9 Å². The molecule has 0 heterocycles. The summed E-state index contributed by atoms with van der Waals surface area (Å²) >= 11 is 0. The van der Waals surface area contributed by atoms with Gasteiger partial charge in [0.1, 0.15) is 0 Å². The summed E-state index contributed by atoms with van der Waals surface area (Å²) in [5, 5.41) is 0. The van der Waals surface area contributed by atoms with Gasteiger partial charge >= 0.3 is 24.3 Å². The molecule has 0 fully saturated rings.